The molecule has 4 nitrogen and oxygen atoms in total. The highest BCUT2D eigenvalue weighted by atomic mass is 79.9. The molecule has 0 unspecified atom stereocenters. The summed E-state index contributed by atoms with van der Waals surface area (Å²) in [6.07, 6.45) is 6.75. The number of hydrogen-bond donors (Lipinski definition) is 1. The Morgan fingerprint density at radius 2 is 2.26 bits per heavy atom. The monoisotopic (exact) mass is 337 g/mol. The number of imide groups is 1. The number of nitrogens with one attached hydrogen (secondary N) is 1. The van der Waals surface area contributed by atoms with Crippen LogP contribution in [0.25, 0.3) is 6.08 Å². The number of terminal acetylenes is 1. The maximum Gasteiger partial charge on any atom is 0.290 e. The van der Waals surface area contributed by atoms with Crippen molar-refractivity contribution < 1.29 is 14.3 Å². The Labute approximate surface area is 122 Å². The predicted molar refractivity (Wildman–Crippen MR) is 77.6 cm³/mol. The molecule has 1 saturated heterocycles. The van der Waals surface area contributed by atoms with Gasteiger partial charge in [0.2, 0.25) is 0 Å². The number of ether oxygens (including phenoxy) is 1. The Kier molecular flexibility index (Phi) is 4.30. The van der Waals surface area contributed by atoms with E-state index in [2.05, 4.69) is 27.2 Å². The van der Waals surface area contributed by atoms with Gasteiger partial charge >= 0.3 is 0 Å². The molecule has 6 heteroatoms. The number of carbonyl (C=O) groups is 2. The van der Waals surface area contributed by atoms with Crippen LogP contribution >= 0.6 is 27.7 Å². The second-order valence-electron chi connectivity index (χ2n) is 3.53. The van der Waals surface area contributed by atoms with Crippen LogP contribution < -0.4 is 10.1 Å². The summed E-state index contributed by atoms with van der Waals surface area (Å²) < 4.78 is 6.04. The van der Waals surface area contributed by atoms with Gasteiger partial charge in [-0.3, -0.25) is 14.9 Å². The highest BCUT2D eigenvalue weighted by molar-refractivity contribution is 9.10. The van der Waals surface area contributed by atoms with Crippen LogP contribution in [0.2, 0.25) is 0 Å². The van der Waals surface area contributed by atoms with Gasteiger partial charge in [-0.15, -0.1) is 6.42 Å². The second-order valence-corrected chi connectivity index (χ2v) is 5.40. The summed E-state index contributed by atoms with van der Waals surface area (Å²) in [5.74, 6) is 2.63. The number of hydrogen-bond acceptors (Lipinski definition) is 4. The average molecular weight is 338 g/mol. The van der Waals surface area contributed by atoms with Crippen molar-refractivity contribution in [2.45, 2.75) is 0 Å². The first-order chi connectivity index (χ1) is 9.10. The summed E-state index contributed by atoms with van der Waals surface area (Å²) >= 11 is 4.24. The van der Waals surface area contributed by atoms with Crippen molar-refractivity contribution in [3.63, 3.8) is 0 Å². The minimum atomic E-state index is -0.376. The van der Waals surface area contributed by atoms with Gasteiger partial charge in [-0.1, -0.05) is 12.0 Å². The molecule has 0 aliphatic carbocycles. The van der Waals surface area contributed by atoms with E-state index in [1.807, 2.05) is 0 Å². The molecule has 0 saturated carbocycles. The summed E-state index contributed by atoms with van der Waals surface area (Å²) in [6, 6.07) is 5.31. The number of carbonyl (C=O) groups excluding carboxylic acids is 2. The summed E-state index contributed by atoms with van der Waals surface area (Å²) in [5, 5.41) is 1.84. The number of rotatable bonds is 3. The molecule has 0 radical (unpaired) electrons. The quantitative estimate of drug-likeness (QED) is 0.680. The zero-order valence-corrected chi connectivity index (χ0v) is 12.0. The maximum absolute atomic E-state index is 11.4. The number of amides is 2. The molecule has 1 aromatic rings. The van der Waals surface area contributed by atoms with Crippen LogP contribution in [-0.4, -0.2) is 17.8 Å². The van der Waals surface area contributed by atoms with Gasteiger partial charge in [-0.05, 0) is 51.5 Å². The Balaban J connectivity index is 2.21. The van der Waals surface area contributed by atoms with Gasteiger partial charge in [-0.25, -0.2) is 0 Å². The summed E-state index contributed by atoms with van der Waals surface area (Å²) in [4.78, 5) is 22.8. The van der Waals surface area contributed by atoms with Gasteiger partial charge < -0.3 is 4.74 Å². The van der Waals surface area contributed by atoms with Crippen LogP contribution in [-0.2, 0) is 4.79 Å². The normalized spacial score (nSPS) is 16.3. The lowest BCUT2D eigenvalue weighted by molar-refractivity contribution is -0.115. The van der Waals surface area contributed by atoms with Crippen molar-refractivity contribution in [3.05, 3.63) is 33.1 Å². The molecule has 0 aromatic heterocycles. The second kappa shape index (κ2) is 5.95. The predicted octanol–water partition coefficient (Wildman–Crippen LogP) is 2.79. The molecular weight excluding hydrogens is 330 g/mol. The largest absolute Gasteiger partial charge is 0.480 e. The molecule has 2 amide bonds. The van der Waals surface area contributed by atoms with E-state index in [0.717, 1.165) is 21.8 Å². The Hall–Kier alpha value is -1.71. The molecular formula is C13H8BrNO3S. The van der Waals surface area contributed by atoms with E-state index in [1.165, 1.54) is 0 Å². The van der Waals surface area contributed by atoms with E-state index in [1.54, 1.807) is 24.3 Å². The van der Waals surface area contributed by atoms with Crippen LogP contribution in [0.4, 0.5) is 4.79 Å². The summed E-state index contributed by atoms with van der Waals surface area (Å²) in [6.45, 7) is 0.186. The average Bonchev–Trinajstić information content (AvgIpc) is 2.67. The zero-order chi connectivity index (χ0) is 13.8. The highest BCUT2D eigenvalue weighted by Gasteiger charge is 2.24. The molecule has 0 spiro atoms. The topological polar surface area (TPSA) is 55.4 Å². The van der Waals surface area contributed by atoms with Crippen molar-refractivity contribution in [2.75, 3.05) is 6.61 Å². The Morgan fingerprint density at radius 3 is 2.84 bits per heavy atom. The zero-order valence-electron chi connectivity index (χ0n) is 9.60. The smallest absolute Gasteiger partial charge is 0.290 e. The number of thioether (sulfide) groups is 1. The van der Waals surface area contributed by atoms with Crippen LogP contribution in [0, 0.1) is 12.3 Å². The van der Waals surface area contributed by atoms with Crippen molar-refractivity contribution in [2.24, 2.45) is 0 Å². The van der Waals surface area contributed by atoms with Crippen LogP contribution in [0.1, 0.15) is 5.56 Å². The molecule has 1 N–H and O–H groups in total. The van der Waals surface area contributed by atoms with Gasteiger partial charge in [0.15, 0.2) is 0 Å². The third-order valence-corrected chi connectivity index (χ3v) is 3.64. The van der Waals surface area contributed by atoms with Crippen molar-refractivity contribution >= 4 is 44.9 Å². The molecule has 1 aliphatic rings. The van der Waals surface area contributed by atoms with E-state index in [-0.39, 0.29) is 17.8 Å². The highest BCUT2D eigenvalue weighted by Crippen LogP contribution is 2.30. The maximum atomic E-state index is 11.4. The Bertz CT molecular complexity index is 619. The molecule has 19 heavy (non-hydrogen) atoms. The molecule has 1 aliphatic heterocycles. The van der Waals surface area contributed by atoms with E-state index < -0.39 is 0 Å². The minimum absolute atomic E-state index is 0.186. The van der Waals surface area contributed by atoms with Crippen LogP contribution in [0.5, 0.6) is 5.75 Å². The molecule has 1 fully saturated rings. The lowest BCUT2D eigenvalue weighted by atomic mass is 10.2. The van der Waals surface area contributed by atoms with Gasteiger partial charge in [0, 0.05) is 0 Å². The van der Waals surface area contributed by atoms with E-state index in [0.29, 0.717) is 10.7 Å². The molecule has 0 bridgehead atoms. The number of halogens is 1. The van der Waals surface area contributed by atoms with Crippen LogP contribution in [0.15, 0.2) is 27.6 Å². The summed E-state index contributed by atoms with van der Waals surface area (Å²) in [5.41, 5.74) is 0.785. The molecule has 1 aromatic carbocycles. The minimum Gasteiger partial charge on any atom is -0.480 e. The lowest BCUT2D eigenvalue weighted by Crippen LogP contribution is -2.17. The fourth-order valence-electron chi connectivity index (χ4n) is 1.42. The third-order valence-electron chi connectivity index (χ3n) is 2.21. The third kappa shape index (κ3) is 3.40. The first-order valence-electron chi connectivity index (χ1n) is 5.21. The molecule has 2 rings (SSSR count). The van der Waals surface area contributed by atoms with E-state index in [4.69, 9.17) is 11.2 Å². The molecule has 96 valence electrons. The number of benzene rings is 1. The van der Waals surface area contributed by atoms with E-state index >= 15 is 0 Å². The fourth-order valence-corrected chi connectivity index (χ4v) is 2.61. The molecule has 0 atom stereocenters. The first kappa shape index (κ1) is 13.7. The first-order valence-corrected chi connectivity index (χ1v) is 6.82. The van der Waals surface area contributed by atoms with Crippen molar-refractivity contribution in [3.8, 4) is 18.1 Å². The van der Waals surface area contributed by atoms with Gasteiger partial charge in [0.05, 0.1) is 9.38 Å². The summed E-state index contributed by atoms with van der Waals surface area (Å²) in [7, 11) is 0. The fraction of sp³-hybridized carbons (Fsp3) is 0.0769. The van der Waals surface area contributed by atoms with E-state index in [9.17, 15) is 9.59 Å². The van der Waals surface area contributed by atoms with Gasteiger partial charge in [-0.2, -0.15) is 0 Å². The lowest BCUT2D eigenvalue weighted by Gasteiger charge is -2.05. The van der Waals surface area contributed by atoms with Crippen LogP contribution in [0.3, 0.4) is 0 Å². The Morgan fingerprint density at radius 1 is 1.47 bits per heavy atom. The molecule has 1 heterocycles. The van der Waals surface area contributed by atoms with Crippen molar-refractivity contribution in [1.29, 1.82) is 0 Å². The van der Waals surface area contributed by atoms with Crippen molar-refractivity contribution in [1.82, 2.24) is 5.32 Å². The van der Waals surface area contributed by atoms with Gasteiger partial charge in [0.1, 0.15) is 12.4 Å². The standard InChI is InChI=1S/C13H8BrNO3S/c1-2-5-18-10-4-3-8(6-9(10)14)7-11-12(16)15-13(17)19-11/h1,3-4,6-7H,5H2,(H,15,16,17)/b11-7-. The SMILES string of the molecule is C#CCOc1ccc(/C=C2\SC(=O)NC2=O)cc1Br. The van der Waals surface area contributed by atoms with Gasteiger partial charge in [0.25, 0.3) is 11.1 Å².